The number of methoxy groups -OCH3 is 1. The van der Waals surface area contributed by atoms with Crippen molar-refractivity contribution in [2.45, 2.75) is 46.5 Å². The molecule has 0 unspecified atom stereocenters. The summed E-state index contributed by atoms with van der Waals surface area (Å²) in [6.07, 6.45) is 3.20. The Morgan fingerprint density at radius 2 is 2.12 bits per heavy atom. The van der Waals surface area contributed by atoms with Crippen molar-refractivity contribution in [1.29, 1.82) is 0 Å². The molecule has 0 saturated carbocycles. The fraction of sp³-hybridized carbons (Fsp3) is 0.550. The number of aromatic nitrogens is 2. The van der Waals surface area contributed by atoms with Gasteiger partial charge in [0.25, 0.3) is 0 Å². The molecule has 0 bridgehead atoms. The normalized spacial score (nSPS) is 11.0. The van der Waals surface area contributed by atoms with Gasteiger partial charge in [-0.1, -0.05) is 44.5 Å². The van der Waals surface area contributed by atoms with Crippen molar-refractivity contribution in [1.82, 2.24) is 15.0 Å². The highest BCUT2D eigenvalue weighted by Crippen LogP contribution is 2.21. The van der Waals surface area contributed by atoms with E-state index in [0.29, 0.717) is 37.0 Å². The molecule has 26 heavy (non-hydrogen) atoms. The standard InChI is InChI=1S/C20H29N3O3/c1-5-6-11-23(19(24)13-15(2)3)12-10-18-21-20(22-26-18)16-8-7-9-17(14-16)25-4/h7-9,14-15H,5-6,10-13H2,1-4H3. The third kappa shape index (κ3) is 5.86. The highest BCUT2D eigenvalue weighted by Gasteiger charge is 2.16. The van der Waals surface area contributed by atoms with E-state index in [0.717, 1.165) is 30.7 Å². The second kappa shape index (κ2) is 9.94. The number of ether oxygens (including phenoxy) is 1. The molecule has 1 amide bonds. The van der Waals surface area contributed by atoms with Gasteiger partial charge in [-0.25, -0.2) is 0 Å². The highest BCUT2D eigenvalue weighted by atomic mass is 16.5. The maximum Gasteiger partial charge on any atom is 0.228 e. The van der Waals surface area contributed by atoms with E-state index in [1.807, 2.05) is 29.2 Å². The van der Waals surface area contributed by atoms with Gasteiger partial charge in [0.1, 0.15) is 5.75 Å². The number of rotatable bonds is 10. The third-order valence-corrected chi connectivity index (χ3v) is 4.11. The molecule has 0 spiro atoms. The molecule has 6 nitrogen and oxygen atoms in total. The molecule has 2 aromatic rings. The topological polar surface area (TPSA) is 68.5 Å². The summed E-state index contributed by atoms with van der Waals surface area (Å²) in [7, 11) is 1.62. The average molecular weight is 359 g/mol. The van der Waals surface area contributed by atoms with E-state index in [9.17, 15) is 4.79 Å². The molecule has 2 rings (SSSR count). The Balaban J connectivity index is 2.00. The first kappa shape index (κ1) is 19.9. The van der Waals surface area contributed by atoms with Crippen LogP contribution in [0.5, 0.6) is 5.75 Å². The Morgan fingerprint density at radius 3 is 2.81 bits per heavy atom. The van der Waals surface area contributed by atoms with Crippen LogP contribution in [0.4, 0.5) is 0 Å². The summed E-state index contributed by atoms with van der Waals surface area (Å²) >= 11 is 0. The number of hydrogen-bond donors (Lipinski definition) is 0. The summed E-state index contributed by atoms with van der Waals surface area (Å²) in [5, 5.41) is 4.05. The number of carbonyl (C=O) groups is 1. The molecule has 0 fully saturated rings. The zero-order valence-electron chi connectivity index (χ0n) is 16.2. The fourth-order valence-electron chi connectivity index (χ4n) is 2.65. The number of benzene rings is 1. The van der Waals surface area contributed by atoms with Crippen molar-refractivity contribution in [2.75, 3.05) is 20.2 Å². The van der Waals surface area contributed by atoms with Crippen molar-refractivity contribution in [3.63, 3.8) is 0 Å². The van der Waals surface area contributed by atoms with Gasteiger partial charge in [-0.15, -0.1) is 0 Å². The van der Waals surface area contributed by atoms with Crippen molar-refractivity contribution in [2.24, 2.45) is 5.92 Å². The predicted molar refractivity (Wildman–Crippen MR) is 101 cm³/mol. The summed E-state index contributed by atoms with van der Waals surface area (Å²) in [5.41, 5.74) is 0.845. The molecule has 0 atom stereocenters. The van der Waals surface area contributed by atoms with Gasteiger partial charge >= 0.3 is 0 Å². The monoisotopic (exact) mass is 359 g/mol. The van der Waals surface area contributed by atoms with Crippen molar-refractivity contribution >= 4 is 5.91 Å². The lowest BCUT2D eigenvalue weighted by molar-refractivity contribution is -0.132. The summed E-state index contributed by atoms with van der Waals surface area (Å²) in [4.78, 5) is 18.8. The second-order valence-electron chi connectivity index (χ2n) is 6.83. The SMILES string of the molecule is CCCCN(CCc1nc(-c2cccc(OC)c2)no1)C(=O)CC(C)C. The molecule has 142 valence electrons. The van der Waals surface area contributed by atoms with E-state index >= 15 is 0 Å². The zero-order chi connectivity index (χ0) is 18.9. The molecular weight excluding hydrogens is 330 g/mol. The molecule has 0 saturated heterocycles. The van der Waals surface area contributed by atoms with E-state index in [2.05, 4.69) is 30.9 Å². The Morgan fingerprint density at radius 1 is 1.31 bits per heavy atom. The van der Waals surface area contributed by atoms with Gasteiger partial charge in [-0.2, -0.15) is 4.98 Å². The van der Waals surface area contributed by atoms with Crippen LogP contribution in [0.3, 0.4) is 0 Å². The summed E-state index contributed by atoms with van der Waals surface area (Å²) in [5.74, 6) is 2.38. The smallest absolute Gasteiger partial charge is 0.228 e. The lowest BCUT2D eigenvalue weighted by Gasteiger charge is -2.22. The van der Waals surface area contributed by atoms with Gasteiger partial charge in [-0.05, 0) is 24.5 Å². The van der Waals surface area contributed by atoms with Gasteiger partial charge in [0.2, 0.25) is 17.6 Å². The van der Waals surface area contributed by atoms with Crippen molar-refractivity contribution < 1.29 is 14.1 Å². The Kier molecular flexibility index (Phi) is 7.63. The molecule has 0 N–H and O–H groups in total. The molecule has 0 aliphatic heterocycles. The number of nitrogens with zero attached hydrogens (tertiary/aromatic N) is 3. The predicted octanol–water partition coefficient (Wildman–Crippen LogP) is 3.96. The fourth-order valence-corrected chi connectivity index (χ4v) is 2.65. The third-order valence-electron chi connectivity index (χ3n) is 4.11. The molecule has 1 aromatic carbocycles. The minimum atomic E-state index is 0.195. The number of amides is 1. The summed E-state index contributed by atoms with van der Waals surface area (Å²) in [6, 6.07) is 7.54. The van der Waals surface area contributed by atoms with Gasteiger partial charge < -0.3 is 14.2 Å². The van der Waals surface area contributed by atoms with Crippen LogP contribution in [0.15, 0.2) is 28.8 Å². The Bertz CT molecular complexity index is 697. The van der Waals surface area contributed by atoms with Crippen molar-refractivity contribution in [3.8, 4) is 17.1 Å². The molecule has 6 heteroatoms. The largest absolute Gasteiger partial charge is 0.497 e. The summed E-state index contributed by atoms with van der Waals surface area (Å²) < 4.78 is 10.6. The highest BCUT2D eigenvalue weighted by molar-refractivity contribution is 5.76. The van der Waals surface area contributed by atoms with Crippen LogP contribution in [-0.4, -0.2) is 41.1 Å². The maximum absolute atomic E-state index is 12.4. The van der Waals surface area contributed by atoms with Crippen LogP contribution in [0.2, 0.25) is 0 Å². The van der Waals surface area contributed by atoms with Crippen LogP contribution in [-0.2, 0) is 11.2 Å². The van der Waals surface area contributed by atoms with Crippen molar-refractivity contribution in [3.05, 3.63) is 30.2 Å². The molecule has 1 heterocycles. The minimum absolute atomic E-state index is 0.195. The van der Waals surface area contributed by atoms with Crippen LogP contribution in [0, 0.1) is 5.92 Å². The first-order valence-corrected chi connectivity index (χ1v) is 9.28. The quantitative estimate of drug-likeness (QED) is 0.642. The zero-order valence-corrected chi connectivity index (χ0v) is 16.2. The number of carbonyl (C=O) groups excluding carboxylic acids is 1. The van der Waals surface area contributed by atoms with Gasteiger partial charge in [0, 0.05) is 31.5 Å². The molecule has 0 radical (unpaired) electrons. The molecular formula is C20H29N3O3. The molecule has 0 aliphatic carbocycles. The van der Waals surface area contributed by atoms with Gasteiger partial charge in [0.15, 0.2) is 0 Å². The lowest BCUT2D eigenvalue weighted by Crippen LogP contribution is -2.34. The summed E-state index contributed by atoms with van der Waals surface area (Å²) in [6.45, 7) is 7.64. The van der Waals surface area contributed by atoms with E-state index in [1.54, 1.807) is 7.11 Å². The van der Waals surface area contributed by atoms with Crippen LogP contribution >= 0.6 is 0 Å². The van der Waals surface area contributed by atoms with E-state index in [1.165, 1.54) is 0 Å². The Labute approximate surface area is 155 Å². The van der Waals surface area contributed by atoms with E-state index in [-0.39, 0.29) is 5.91 Å². The van der Waals surface area contributed by atoms with E-state index in [4.69, 9.17) is 9.26 Å². The average Bonchev–Trinajstić information content (AvgIpc) is 3.10. The molecule has 1 aromatic heterocycles. The molecule has 0 aliphatic rings. The van der Waals surface area contributed by atoms with Crippen LogP contribution < -0.4 is 4.74 Å². The van der Waals surface area contributed by atoms with Gasteiger partial charge in [-0.3, -0.25) is 4.79 Å². The lowest BCUT2D eigenvalue weighted by atomic mass is 10.1. The van der Waals surface area contributed by atoms with E-state index < -0.39 is 0 Å². The first-order chi connectivity index (χ1) is 12.5. The maximum atomic E-state index is 12.4. The second-order valence-corrected chi connectivity index (χ2v) is 6.83. The van der Waals surface area contributed by atoms with Crippen LogP contribution in [0.25, 0.3) is 11.4 Å². The number of hydrogen-bond acceptors (Lipinski definition) is 5. The van der Waals surface area contributed by atoms with Gasteiger partial charge in [0.05, 0.1) is 7.11 Å². The number of unbranched alkanes of at least 4 members (excludes halogenated alkanes) is 1. The Hall–Kier alpha value is -2.37. The first-order valence-electron chi connectivity index (χ1n) is 9.28. The minimum Gasteiger partial charge on any atom is -0.497 e. The van der Waals surface area contributed by atoms with Crippen LogP contribution in [0.1, 0.15) is 45.9 Å².